The van der Waals surface area contributed by atoms with E-state index in [0.717, 1.165) is 25.8 Å². The van der Waals surface area contributed by atoms with Crippen LogP contribution in [0.4, 0.5) is 4.79 Å². The van der Waals surface area contributed by atoms with Crippen molar-refractivity contribution in [3.05, 3.63) is 61.6 Å². The molecule has 2 aromatic carbocycles. The Bertz CT molecular complexity index is 1080. The zero-order valence-electron chi connectivity index (χ0n) is 18.6. The highest BCUT2D eigenvalue weighted by molar-refractivity contribution is 14.1. The Kier molecular flexibility index (Phi) is 8.79. The molecule has 1 aliphatic rings. The van der Waals surface area contributed by atoms with Crippen LogP contribution < -0.4 is 9.47 Å². The molecule has 9 heteroatoms. The van der Waals surface area contributed by atoms with Gasteiger partial charge in [-0.1, -0.05) is 29.8 Å². The minimum absolute atomic E-state index is 0.182. The van der Waals surface area contributed by atoms with E-state index in [1.807, 2.05) is 44.2 Å². The number of benzene rings is 2. The first-order chi connectivity index (χ1) is 15.8. The van der Waals surface area contributed by atoms with Crippen molar-refractivity contribution in [2.45, 2.75) is 27.4 Å². The Morgan fingerprint density at radius 3 is 2.48 bits per heavy atom. The molecule has 0 bridgehead atoms. The predicted molar refractivity (Wildman–Crippen MR) is 135 cm³/mol. The molecule has 0 spiro atoms. The van der Waals surface area contributed by atoms with E-state index in [-0.39, 0.29) is 11.5 Å². The summed E-state index contributed by atoms with van der Waals surface area (Å²) in [7, 11) is 0. The lowest BCUT2D eigenvalue weighted by Crippen LogP contribution is -2.34. The molecule has 1 aliphatic heterocycles. The Morgan fingerprint density at radius 1 is 1.09 bits per heavy atom. The quantitative estimate of drug-likeness (QED) is 0.230. The molecule has 1 heterocycles. The monoisotopic (exact) mass is 581 g/mol. The number of esters is 1. The zero-order valence-corrected chi connectivity index (χ0v) is 21.5. The highest BCUT2D eigenvalue weighted by Crippen LogP contribution is 2.38. The standard InChI is InChI=1S/C24H24INO6S/c1-4-30-19-11-17(10-18(25)22(19)32-14-16-8-6-15(3)7-9-16)12-20-23(28)26(24(29)33-20)13-21(27)31-5-2/h6-12H,4-5,13-14H2,1-3H3/b20-12+. The number of aryl methyl sites for hydroxylation is 1. The number of ether oxygens (including phenoxy) is 3. The number of halogens is 1. The third kappa shape index (κ3) is 6.50. The third-order valence-electron chi connectivity index (χ3n) is 4.60. The number of carbonyl (C=O) groups is 3. The van der Waals surface area contributed by atoms with Crippen LogP contribution in [-0.2, 0) is 20.9 Å². The van der Waals surface area contributed by atoms with Crippen LogP contribution in [0.2, 0.25) is 0 Å². The summed E-state index contributed by atoms with van der Waals surface area (Å²) in [5.74, 6) is 0.0223. The Labute approximate surface area is 210 Å². The van der Waals surface area contributed by atoms with E-state index in [0.29, 0.717) is 30.3 Å². The molecular weight excluding hydrogens is 557 g/mol. The van der Waals surface area contributed by atoms with Gasteiger partial charge in [-0.15, -0.1) is 0 Å². The molecule has 33 heavy (non-hydrogen) atoms. The number of hydrogen-bond acceptors (Lipinski definition) is 7. The van der Waals surface area contributed by atoms with Crippen molar-refractivity contribution in [2.24, 2.45) is 0 Å². The van der Waals surface area contributed by atoms with Gasteiger partial charge in [0.05, 0.1) is 21.7 Å². The molecule has 0 N–H and O–H groups in total. The largest absolute Gasteiger partial charge is 0.490 e. The number of carbonyl (C=O) groups excluding carboxylic acids is 3. The van der Waals surface area contributed by atoms with Gasteiger partial charge < -0.3 is 14.2 Å². The first-order valence-electron chi connectivity index (χ1n) is 10.4. The maximum atomic E-state index is 12.7. The lowest BCUT2D eigenvalue weighted by molar-refractivity contribution is -0.145. The lowest BCUT2D eigenvalue weighted by atomic mass is 10.1. The molecule has 0 unspecified atom stereocenters. The Balaban J connectivity index is 1.81. The van der Waals surface area contributed by atoms with Crippen LogP contribution in [0.5, 0.6) is 11.5 Å². The van der Waals surface area contributed by atoms with Crippen LogP contribution in [0.3, 0.4) is 0 Å². The van der Waals surface area contributed by atoms with Crippen LogP contribution in [0, 0.1) is 10.5 Å². The molecule has 0 saturated carbocycles. The number of rotatable bonds is 9. The van der Waals surface area contributed by atoms with Gasteiger partial charge in [0.15, 0.2) is 11.5 Å². The maximum Gasteiger partial charge on any atom is 0.326 e. The van der Waals surface area contributed by atoms with Gasteiger partial charge >= 0.3 is 5.97 Å². The maximum absolute atomic E-state index is 12.7. The SMILES string of the molecule is CCOC(=O)CN1C(=O)S/C(=C/c2cc(I)c(OCc3ccc(C)cc3)c(OCC)c2)C1=O. The summed E-state index contributed by atoms with van der Waals surface area (Å²) in [4.78, 5) is 37.7. The summed E-state index contributed by atoms with van der Waals surface area (Å²) in [6, 6.07) is 11.7. The van der Waals surface area contributed by atoms with E-state index >= 15 is 0 Å². The summed E-state index contributed by atoms with van der Waals surface area (Å²) in [5.41, 5.74) is 2.91. The third-order valence-corrected chi connectivity index (χ3v) is 6.31. The van der Waals surface area contributed by atoms with Gasteiger partial charge in [0, 0.05) is 0 Å². The molecule has 0 aromatic heterocycles. The summed E-state index contributed by atoms with van der Waals surface area (Å²) >= 11 is 2.95. The van der Waals surface area contributed by atoms with Gasteiger partial charge in [0.2, 0.25) is 0 Å². The van der Waals surface area contributed by atoms with Crippen molar-refractivity contribution in [2.75, 3.05) is 19.8 Å². The second-order valence-corrected chi connectivity index (χ2v) is 9.27. The molecule has 3 rings (SSSR count). The average Bonchev–Trinajstić information content (AvgIpc) is 3.02. The first kappa shape index (κ1) is 25.1. The van der Waals surface area contributed by atoms with Crippen molar-refractivity contribution < 1.29 is 28.6 Å². The number of thioether (sulfide) groups is 1. The minimum atomic E-state index is -0.621. The predicted octanol–water partition coefficient (Wildman–Crippen LogP) is 5.18. The number of nitrogens with zero attached hydrogens (tertiary/aromatic N) is 1. The Morgan fingerprint density at radius 2 is 1.82 bits per heavy atom. The van der Waals surface area contributed by atoms with E-state index in [1.165, 1.54) is 5.56 Å². The van der Waals surface area contributed by atoms with Gasteiger partial charge in [-0.05, 0) is 84.5 Å². The van der Waals surface area contributed by atoms with E-state index in [1.54, 1.807) is 19.1 Å². The van der Waals surface area contributed by atoms with Gasteiger partial charge in [0.25, 0.3) is 11.1 Å². The molecule has 1 saturated heterocycles. The molecule has 2 aromatic rings. The van der Waals surface area contributed by atoms with Gasteiger partial charge in [0.1, 0.15) is 13.2 Å². The van der Waals surface area contributed by atoms with Crippen LogP contribution in [0.1, 0.15) is 30.5 Å². The van der Waals surface area contributed by atoms with Gasteiger partial charge in [-0.2, -0.15) is 0 Å². The average molecular weight is 581 g/mol. The van der Waals surface area contributed by atoms with E-state index in [9.17, 15) is 14.4 Å². The van der Waals surface area contributed by atoms with E-state index in [2.05, 4.69) is 22.6 Å². The van der Waals surface area contributed by atoms with Crippen molar-refractivity contribution in [3.8, 4) is 11.5 Å². The molecule has 7 nitrogen and oxygen atoms in total. The molecular formula is C24H24INO6S. The van der Waals surface area contributed by atoms with E-state index in [4.69, 9.17) is 14.2 Å². The molecule has 174 valence electrons. The van der Waals surface area contributed by atoms with Gasteiger partial charge in [-0.3, -0.25) is 19.3 Å². The zero-order chi connectivity index (χ0) is 24.0. The van der Waals surface area contributed by atoms with Crippen LogP contribution in [0.25, 0.3) is 6.08 Å². The fourth-order valence-corrected chi connectivity index (χ4v) is 4.66. The second-order valence-electron chi connectivity index (χ2n) is 7.11. The first-order valence-corrected chi connectivity index (χ1v) is 12.3. The summed E-state index contributed by atoms with van der Waals surface area (Å²) < 4.78 is 17.5. The summed E-state index contributed by atoms with van der Waals surface area (Å²) in [6.07, 6.45) is 1.62. The minimum Gasteiger partial charge on any atom is -0.490 e. The van der Waals surface area contributed by atoms with Crippen molar-refractivity contribution in [1.29, 1.82) is 0 Å². The number of imide groups is 1. The molecule has 0 aliphatic carbocycles. The molecule has 0 atom stereocenters. The second kappa shape index (κ2) is 11.6. The highest BCUT2D eigenvalue weighted by Gasteiger charge is 2.36. The molecule has 1 fully saturated rings. The highest BCUT2D eigenvalue weighted by atomic mass is 127. The van der Waals surface area contributed by atoms with Crippen LogP contribution in [-0.4, -0.2) is 41.8 Å². The topological polar surface area (TPSA) is 82.1 Å². The fraction of sp³-hybridized carbons (Fsp3) is 0.292. The molecule has 2 amide bonds. The van der Waals surface area contributed by atoms with Crippen LogP contribution in [0.15, 0.2) is 41.3 Å². The van der Waals surface area contributed by atoms with E-state index < -0.39 is 23.7 Å². The normalized spacial score (nSPS) is 14.7. The lowest BCUT2D eigenvalue weighted by Gasteiger charge is -2.15. The summed E-state index contributed by atoms with van der Waals surface area (Å²) in [6.45, 7) is 6.19. The smallest absolute Gasteiger partial charge is 0.326 e. The van der Waals surface area contributed by atoms with Crippen molar-refractivity contribution >= 4 is 57.5 Å². The Hall–Kier alpha value is -2.53. The van der Waals surface area contributed by atoms with Crippen molar-refractivity contribution in [1.82, 2.24) is 4.90 Å². The fourth-order valence-electron chi connectivity index (χ4n) is 3.04. The number of hydrogen-bond donors (Lipinski definition) is 0. The summed E-state index contributed by atoms with van der Waals surface area (Å²) in [5, 5.41) is -0.503. The number of amides is 2. The molecule has 0 radical (unpaired) electrons. The van der Waals surface area contributed by atoms with Gasteiger partial charge in [-0.25, -0.2) is 0 Å². The van der Waals surface area contributed by atoms with Crippen LogP contribution >= 0.6 is 34.4 Å². The van der Waals surface area contributed by atoms with Crippen molar-refractivity contribution in [3.63, 3.8) is 0 Å².